The molecule has 0 saturated heterocycles. The summed E-state index contributed by atoms with van der Waals surface area (Å²) in [5.74, 6) is -1.60. The van der Waals surface area contributed by atoms with E-state index in [1.165, 1.54) is 0 Å². The van der Waals surface area contributed by atoms with Crippen LogP contribution in [0.25, 0.3) is 0 Å². The van der Waals surface area contributed by atoms with E-state index < -0.39 is 44.4 Å². The third-order valence-electron chi connectivity index (χ3n) is 6.29. The van der Waals surface area contributed by atoms with Crippen molar-refractivity contribution < 1.29 is 28.2 Å². The molecule has 2 N–H and O–H groups in total. The number of rotatable bonds is 14. The Morgan fingerprint density at radius 1 is 0.706 bits per heavy atom. The van der Waals surface area contributed by atoms with Gasteiger partial charge in [0.2, 0.25) is 0 Å². The molecular formula is C26H36O6S2. The molecule has 0 saturated carbocycles. The number of hydrogen-bond acceptors (Lipinski definition) is 4. The second-order valence-corrected chi connectivity index (χ2v) is 13.1. The Morgan fingerprint density at radius 2 is 1.06 bits per heavy atom. The summed E-state index contributed by atoms with van der Waals surface area (Å²) in [5.41, 5.74) is -1.50. The highest BCUT2D eigenvalue weighted by atomic mass is 32.2. The number of carbonyl (C=O) groups is 2. The SMILES string of the molecule is CC(C)(CCCCC1=CC=C(C=CC2=CC=C(CCCCC(C)(C)C(=O)O)S2=O)S1=O)C(=O)O. The Morgan fingerprint density at radius 3 is 1.38 bits per heavy atom. The lowest BCUT2D eigenvalue weighted by molar-refractivity contribution is -0.148. The van der Waals surface area contributed by atoms with Crippen LogP contribution in [0.15, 0.2) is 56.1 Å². The fraction of sp³-hybridized carbons (Fsp3) is 0.538. The third-order valence-corrected chi connectivity index (χ3v) is 9.32. The lowest BCUT2D eigenvalue weighted by Crippen LogP contribution is -2.23. The van der Waals surface area contributed by atoms with E-state index in [4.69, 9.17) is 0 Å². The quantitative estimate of drug-likeness (QED) is 0.281. The largest absolute Gasteiger partial charge is 0.481 e. The monoisotopic (exact) mass is 508 g/mol. The number of carboxylic acids is 2. The zero-order chi connectivity index (χ0) is 25.5. The molecule has 0 aromatic rings. The van der Waals surface area contributed by atoms with Crippen LogP contribution in [-0.4, -0.2) is 30.6 Å². The van der Waals surface area contributed by atoms with Gasteiger partial charge in [-0.2, -0.15) is 0 Å². The first-order valence-corrected chi connectivity index (χ1v) is 14.0. The fourth-order valence-corrected chi connectivity index (χ4v) is 6.01. The fourth-order valence-electron chi connectivity index (χ4n) is 3.60. The minimum Gasteiger partial charge on any atom is -0.481 e. The Balaban J connectivity index is 1.74. The van der Waals surface area contributed by atoms with Crippen molar-refractivity contribution in [3.05, 3.63) is 56.1 Å². The Kier molecular flexibility index (Phi) is 10.0. The summed E-state index contributed by atoms with van der Waals surface area (Å²) in [4.78, 5) is 25.4. The lowest BCUT2D eigenvalue weighted by Gasteiger charge is -2.18. The van der Waals surface area contributed by atoms with Crippen LogP contribution in [0.2, 0.25) is 0 Å². The molecule has 2 aliphatic rings. The number of allylic oxidation sites excluding steroid dienone is 8. The number of hydrogen-bond donors (Lipinski definition) is 2. The van der Waals surface area contributed by atoms with Crippen molar-refractivity contribution >= 4 is 33.5 Å². The summed E-state index contributed by atoms with van der Waals surface area (Å²) >= 11 is 0. The molecule has 6 nitrogen and oxygen atoms in total. The van der Waals surface area contributed by atoms with Gasteiger partial charge in [-0.15, -0.1) is 0 Å². The predicted molar refractivity (Wildman–Crippen MR) is 138 cm³/mol. The number of carboxylic acid groups (broad SMARTS) is 2. The molecule has 2 atom stereocenters. The van der Waals surface area contributed by atoms with Gasteiger partial charge in [0.1, 0.15) is 0 Å². The summed E-state index contributed by atoms with van der Waals surface area (Å²) in [5, 5.41) is 18.4. The molecule has 0 aromatic heterocycles. The molecule has 0 fully saturated rings. The minimum atomic E-state index is -1.24. The van der Waals surface area contributed by atoms with Gasteiger partial charge in [-0.1, -0.05) is 12.8 Å². The van der Waals surface area contributed by atoms with Crippen molar-refractivity contribution in [1.82, 2.24) is 0 Å². The van der Waals surface area contributed by atoms with E-state index in [9.17, 15) is 28.2 Å². The third kappa shape index (κ3) is 7.73. The van der Waals surface area contributed by atoms with E-state index in [0.29, 0.717) is 35.5 Å². The van der Waals surface area contributed by atoms with Crippen LogP contribution in [-0.2, 0) is 31.2 Å². The van der Waals surface area contributed by atoms with Gasteiger partial charge >= 0.3 is 11.9 Å². The van der Waals surface area contributed by atoms with Crippen LogP contribution < -0.4 is 0 Å². The average Bonchev–Trinajstić information content (AvgIpc) is 3.29. The van der Waals surface area contributed by atoms with Crippen molar-refractivity contribution in [2.24, 2.45) is 10.8 Å². The van der Waals surface area contributed by atoms with Crippen molar-refractivity contribution in [2.75, 3.05) is 0 Å². The molecule has 0 aromatic carbocycles. The van der Waals surface area contributed by atoms with E-state index in [1.807, 2.05) is 24.3 Å². The highest BCUT2D eigenvalue weighted by Gasteiger charge is 2.27. The van der Waals surface area contributed by atoms with Gasteiger partial charge < -0.3 is 10.2 Å². The highest BCUT2D eigenvalue weighted by Crippen LogP contribution is 2.31. The van der Waals surface area contributed by atoms with E-state index in [0.717, 1.165) is 35.5 Å². The molecule has 8 heteroatoms. The molecule has 0 radical (unpaired) electrons. The summed E-state index contributed by atoms with van der Waals surface area (Å²) in [6.45, 7) is 6.87. The molecular weight excluding hydrogens is 472 g/mol. The van der Waals surface area contributed by atoms with E-state index in [2.05, 4.69) is 0 Å². The summed E-state index contributed by atoms with van der Waals surface area (Å²) < 4.78 is 25.5. The topological polar surface area (TPSA) is 109 Å². The first kappa shape index (κ1) is 28.2. The van der Waals surface area contributed by atoms with Crippen molar-refractivity contribution in [3.63, 3.8) is 0 Å². The molecule has 0 spiro atoms. The Hall–Kier alpha value is -2.06. The molecule has 0 bridgehead atoms. The van der Waals surface area contributed by atoms with Crippen LogP contribution in [0, 0.1) is 10.8 Å². The van der Waals surface area contributed by atoms with Gasteiger partial charge in [-0.05, 0) is 103 Å². The normalized spacial score (nSPS) is 20.8. The maximum absolute atomic E-state index is 12.7. The van der Waals surface area contributed by atoms with E-state index >= 15 is 0 Å². The molecule has 0 amide bonds. The lowest BCUT2D eigenvalue weighted by atomic mass is 9.87. The van der Waals surface area contributed by atoms with Gasteiger partial charge in [0.25, 0.3) is 0 Å². The van der Waals surface area contributed by atoms with E-state index in [-0.39, 0.29) is 0 Å². The molecule has 2 heterocycles. The average molecular weight is 509 g/mol. The maximum atomic E-state index is 12.7. The summed E-state index contributed by atoms with van der Waals surface area (Å²) in [6.07, 6.45) is 16.4. The highest BCUT2D eigenvalue weighted by molar-refractivity contribution is 7.93. The molecule has 2 aliphatic heterocycles. The smallest absolute Gasteiger partial charge is 0.309 e. The zero-order valence-electron chi connectivity index (χ0n) is 20.5. The zero-order valence-corrected chi connectivity index (χ0v) is 22.1. The number of unbranched alkanes of at least 4 members (excludes halogenated alkanes) is 2. The van der Waals surface area contributed by atoms with Gasteiger partial charge in [0, 0.05) is 19.6 Å². The standard InChI is InChI=1S/C26H36O6S2/c1-25(2,23(27)28)17-7-5-9-19-11-13-21(33(19)31)15-16-22-14-12-20(34(22)32)10-6-8-18-26(3,4)24(29)30/h11-16H,5-10,17-18H2,1-4H3,(H,27,28)(H,29,30). The first-order valence-electron chi connectivity index (χ1n) is 11.7. The van der Waals surface area contributed by atoms with Gasteiger partial charge in [0.05, 0.1) is 32.4 Å². The molecule has 34 heavy (non-hydrogen) atoms. The minimum absolute atomic E-state index is 0.578. The summed E-state index contributed by atoms with van der Waals surface area (Å²) in [7, 11) is -2.48. The first-order chi connectivity index (χ1) is 15.8. The number of aliphatic carboxylic acids is 2. The summed E-state index contributed by atoms with van der Waals surface area (Å²) in [6, 6.07) is 0. The van der Waals surface area contributed by atoms with Crippen LogP contribution in [0.4, 0.5) is 0 Å². The van der Waals surface area contributed by atoms with Gasteiger partial charge in [-0.25, -0.2) is 8.42 Å². The second kappa shape index (κ2) is 12.1. The van der Waals surface area contributed by atoms with Crippen LogP contribution in [0.5, 0.6) is 0 Å². The molecule has 2 unspecified atom stereocenters. The predicted octanol–water partition coefficient (Wildman–Crippen LogP) is 5.95. The van der Waals surface area contributed by atoms with Crippen LogP contribution in [0.1, 0.15) is 79.1 Å². The second-order valence-electron chi connectivity index (χ2n) is 10.1. The maximum Gasteiger partial charge on any atom is 0.309 e. The molecule has 188 valence electrons. The van der Waals surface area contributed by atoms with Crippen molar-refractivity contribution in [1.29, 1.82) is 0 Å². The van der Waals surface area contributed by atoms with E-state index in [1.54, 1.807) is 39.8 Å². The Labute approximate surface area is 207 Å². The van der Waals surface area contributed by atoms with Crippen LogP contribution >= 0.6 is 0 Å². The van der Waals surface area contributed by atoms with Crippen molar-refractivity contribution in [3.8, 4) is 0 Å². The van der Waals surface area contributed by atoms with Gasteiger partial charge in [-0.3, -0.25) is 9.59 Å². The molecule has 0 aliphatic carbocycles. The molecule has 2 rings (SSSR count). The van der Waals surface area contributed by atoms with Crippen LogP contribution in [0.3, 0.4) is 0 Å². The Bertz CT molecular complexity index is 928. The van der Waals surface area contributed by atoms with Gasteiger partial charge in [0.15, 0.2) is 0 Å². The van der Waals surface area contributed by atoms with Crippen molar-refractivity contribution in [2.45, 2.75) is 79.1 Å².